The van der Waals surface area contributed by atoms with Crippen molar-refractivity contribution >= 4 is 0 Å². The number of hydrogen-bond donors (Lipinski definition) is 1. The number of halogens is 2. The fourth-order valence-corrected chi connectivity index (χ4v) is 3.28. The molecular formula is C12H21F2N. The van der Waals surface area contributed by atoms with E-state index in [4.69, 9.17) is 5.73 Å². The van der Waals surface area contributed by atoms with Crippen LogP contribution in [0.2, 0.25) is 0 Å². The summed E-state index contributed by atoms with van der Waals surface area (Å²) >= 11 is 0. The maximum absolute atomic E-state index is 12.9. The topological polar surface area (TPSA) is 26.0 Å². The molecule has 2 fully saturated rings. The van der Waals surface area contributed by atoms with Crippen LogP contribution in [0.25, 0.3) is 0 Å². The van der Waals surface area contributed by atoms with Crippen molar-refractivity contribution in [3.05, 3.63) is 0 Å². The molecule has 0 atom stereocenters. The normalized spacial score (nSPS) is 29.0. The molecule has 0 aromatic rings. The Balaban J connectivity index is 1.77. The molecule has 0 spiro atoms. The monoisotopic (exact) mass is 217 g/mol. The average molecular weight is 217 g/mol. The van der Waals surface area contributed by atoms with Crippen LogP contribution in [0, 0.1) is 11.3 Å². The largest absolute Gasteiger partial charge is 0.330 e. The van der Waals surface area contributed by atoms with Crippen LogP contribution in [-0.2, 0) is 0 Å². The van der Waals surface area contributed by atoms with Crippen molar-refractivity contribution in [3.8, 4) is 0 Å². The van der Waals surface area contributed by atoms with Gasteiger partial charge >= 0.3 is 0 Å². The minimum absolute atomic E-state index is 0.0310. The lowest BCUT2D eigenvalue weighted by Crippen LogP contribution is -2.50. The standard InChI is InChI=1S/C12H21F2N/c13-12(14)7-11(8-12,9-15)6-5-10-3-1-2-4-10/h10H,1-9,15H2. The number of nitrogens with two attached hydrogens (primary N) is 1. The SMILES string of the molecule is NCC1(CCC2CCCC2)CC(F)(F)C1. The van der Waals surface area contributed by atoms with Gasteiger partial charge in [-0.25, -0.2) is 8.78 Å². The molecule has 0 radical (unpaired) electrons. The quantitative estimate of drug-likeness (QED) is 0.768. The second-order valence-corrected chi connectivity index (χ2v) is 5.60. The van der Waals surface area contributed by atoms with Crippen LogP contribution in [0.5, 0.6) is 0 Å². The first-order valence-corrected chi connectivity index (χ1v) is 6.13. The van der Waals surface area contributed by atoms with Gasteiger partial charge < -0.3 is 5.73 Å². The predicted octanol–water partition coefficient (Wildman–Crippen LogP) is 3.33. The Labute approximate surface area is 90.4 Å². The molecule has 0 aliphatic heterocycles. The number of alkyl halides is 2. The lowest BCUT2D eigenvalue weighted by atomic mass is 9.63. The average Bonchev–Trinajstić information content (AvgIpc) is 2.63. The Morgan fingerprint density at radius 1 is 1.13 bits per heavy atom. The maximum Gasteiger partial charge on any atom is 0.249 e. The van der Waals surface area contributed by atoms with Crippen LogP contribution in [0.15, 0.2) is 0 Å². The molecule has 2 saturated carbocycles. The summed E-state index contributed by atoms with van der Waals surface area (Å²) in [6.45, 7) is 0.440. The Hall–Kier alpha value is -0.180. The molecule has 0 amide bonds. The van der Waals surface area contributed by atoms with E-state index >= 15 is 0 Å². The van der Waals surface area contributed by atoms with E-state index in [0.29, 0.717) is 6.54 Å². The third kappa shape index (κ3) is 2.49. The van der Waals surface area contributed by atoms with Crippen molar-refractivity contribution in [2.24, 2.45) is 17.1 Å². The second-order valence-electron chi connectivity index (χ2n) is 5.60. The van der Waals surface area contributed by atoms with Crippen LogP contribution >= 0.6 is 0 Å². The van der Waals surface area contributed by atoms with E-state index in [0.717, 1.165) is 18.8 Å². The highest BCUT2D eigenvalue weighted by atomic mass is 19.3. The van der Waals surface area contributed by atoms with Gasteiger partial charge in [0.05, 0.1) is 0 Å². The second kappa shape index (κ2) is 4.00. The van der Waals surface area contributed by atoms with Crippen molar-refractivity contribution in [1.82, 2.24) is 0 Å². The molecule has 0 aromatic heterocycles. The fourth-order valence-electron chi connectivity index (χ4n) is 3.28. The summed E-state index contributed by atoms with van der Waals surface area (Å²) < 4.78 is 25.7. The van der Waals surface area contributed by atoms with Gasteiger partial charge in [0, 0.05) is 12.8 Å². The Bertz CT molecular complexity index is 214. The van der Waals surface area contributed by atoms with Gasteiger partial charge in [-0.05, 0) is 30.7 Å². The fraction of sp³-hybridized carbons (Fsp3) is 1.00. The first kappa shape index (κ1) is 11.3. The molecule has 2 aliphatic rings. The van der Waals surface area contributed by atoms with Crippen molar-refractivity contribution in [3.63, 3.8) is 0 Å². The highest BCUT2D eigenvalue weighted by Gasteiger charge is 2.55. The van der Waals surface area contributed by atoms with E-state index in [-0.39, 0.29) is 18.3 Å². The molecule has 3 heteroatoms. The van der Waals surface area contributed by atoms with Gasteiger partial charge in [0.1, 0.15) is 0 Å². The van der Waals surface area contributed by atoms with Crippen LogP contribution < -0.4 is 5.73 Å². The molecule has 0 heterocycles. The highest BCUT2D eigenvalue weighted by molar-refractivity contribution is 4.99. The molecule has 0 aromatic carbocycles. The molecule has 88 valence electrons. The highest BCUT2D eigenvalue weighted by Crippen LogP contribution is 2.54. The van der Waals surface area contributed by atoms with Crippen molar-refractivity contribution < 1.29 is 8.78 Å². The summed E-state index contributed by atoms with van der Waals surface area (Å²) in [5.74, 6) is -1.63. The molecule has 15 heavy (non-hydrogen) atoms. The Morgan fingerprint density at radius 3 is 2.20 bits per heavy atom. The van der Waals surface area contributed by atoms with Gasteiger partial charge in [0.15, 0.2) is 0 Å². The predicted molar refractivity (Wildman–Crippen MR) is 56.9 cm³/mol. The molecule has 1 nitrogen and oxygen atoms in total. The van der Waals surface area contributed by atoms with Crippen LogP contribution in [0.4, 0.5) is 8.78 Å². The van der Waals surface area contributed by atoms with E-state index in [9.17, 15) is 8.78 Å². The van der Waals surface area contributed by atoms with Crippen LogP contribution in [0.1, 0.15) is 51.4 Å². The third-order valence-electron chi connectivity index (χ3n) is 4.26. The minimum Gasteiger partial charge on any atom is -0.330 e. The lowest BCUT2D eigenvalue weighted by molar-refractivity contribution is -0.161. The zero-order chi connectivity index (χ0) is 10.9. The molecule has 2 aliphatic carbocycles. The van der Waals surface area contributed by atoms with Gasteiger partial charge in [0.2, 0.25) is 5.92 Å². The third-order valence-corrected chi connectivity index (χ3v) is 4.26. The minimum atomic E-state index is -2.42. The molecule has 0 unspecified atom stereocenters. The van der Waals surface area contributed by atoms with E-state index in [1.165, 1.54) is 25.7 Å². The smallest absolute Gasteiger partial charge is 0.249 e. The Kier molecular flexibility index (Phi) is 3.02. The summed E-state index contributed by atoms with van der Waals surface area (Å²) in [5, 5.41) is 0. The summed E-state index contributed by atoms with van der Waals surface area (Å²) in [5.41, 5.74) is 5.43. The number of rotatable bonds is 4. The van der Waals surface area contributed by atoms with Crippen LogP contribution in [-0.4, -0.2) is 12.5 Å². The van der Waals surface area contributed by atoms with E-state index in [1.54, 1.807) is 0 Å². The van der Waals surface area contributed by atoms with Crippen molar-refractivity contribution in [2.45, 2.75) is 57.3 Å². The molecule has 0 saturated heterocycles. The number of hydrogen-bond acceptors (Lipinski definition) is 1. The maximum atomic E-state index is 12.9. The zero-order valence-electron chi connectivity index (χ0n) is 9.27. The van der Waals surface area contributed by atoms with Gasteiger partial charge in [0.25, 0.3) is 0 Å². The van der Waals surface area contributed by atoms with Gasteiger partial charge in [-0.3, -0.25) is 0 Å². The first-order chi connectivity index (χ1) is 7.05. The van der Waals surface area contributed by atoms with E-state index < -0.39 is 5.92 Å². The van der Waals surface area contributed by atoms with Crippen LogP contribution in [0.3, 0.4) is 0 Å². The summed E-state index contributed by atoms with van der Waals surface area (Å²) in [6, 6.07) is 0. The van der Waals surface area contributed by atoms with Crippen molar-refractivity contribution in [1.29, 1.82) is 0 Å². The van der Waals surface area contributed by atoms with Gasteiger partial charge in [-0.2, -0.15) is 0 Å². The molecule has 0 bridgehead atoms. The molecular weight excluding hydrogens is 196 g/mol. The zero-order valence-corrected chi connectivity index (χ0v) is 9.27. The summed E-state index contributed by atoms with van der Waals surface area (Å²) in [7, 11) is 0. The Morgan fingerprint density at radius 2 is 1.73 bits per heavy atom. The summed E-state index contributed by atoms with van der Waals surface area (Å²) in [4.78, 5) is 0. The summed E-state index contributed by atoms with van der Waals surface area (Å²) in [6.07, 6.45) is 7.37. The van der Waals surface area contributed by atoms with E-state index in [1.807, 2.05) is 0 Å². The van der Waals surface area contributed by atoms with E-state index in [2.05, 4.69) is 0 Å². The van der Waals surface area contributed by atoms with Gasteiger partial charge in [-0.1, -0.05) is 25.7 Å². The lowest BCUT2D eigenvalue weighted by Gasteiger charge is -2.47. The van der Waals surface area contributed by atoms with Gasteiger partial charge in [-0.15, -0.1) is 0 Å². The molecule has 2 rings (SSSR count). The van der Waals surface area contributed by atoms with Crippen molar-refractivity contribution in [2.75, 3.05) is 6.54 Å². The first-order valence-electron chi connectivity index (χ1n) is 6.13. The molecule has 2 N–H and O–H groups in total.